The first-order valence-corrected chi connectivity index (χ1v) is 12.7. The van der Waals surface area contributed by atoms with E-state index in [-0.39, 0.29) is 12.1 Å². The Bertz CT molecular complexity index is 1510. The number of amides is 1. The number of hydrogen-bond donors (Lipinski definition) is 1. The normalized spacial score (nSPS) is 14.2. The summed E-state index contributed by atoms with van der Waals surface area (Å²) in [5.41, 5.74) is 2.80. The number of rotatable bonds is 5. The molecule has 196 valence electrons. The highest BCUT2D eigenvalue weighted by Crippen LogP contribution is 2.36. The number of carbonyl (C=O) groups is 1. The monoisotopic (exact) mass is 558 g/mol. The molecule has 5 rings (SSSR count). The second-order valence-corrected chi connectivity index (χ2v) is 9.90. The number of alkyl halides is 3. The van der Waals surface area contributed by atoms with Crippen LogP contribution in [0.2, 0.25) is 10.2 Å². The Morgan fingerprint density at radius 2 is 1.87 bits per heavy atom. The van der Waals surface area contributed by atoms with Crippen LogP contribution < -0.4 is 5.32 Å². The molecule has 0 saturated heterocycles. The van der Waals surface area contributed by atoms with E-state index in [0.717, 1.165) is 34.5 Å². The highest BCUT2D eigenvalue weighted by atomic mass is 35.5. The predicted octanol–water partition coefficient (Wildman–Crippen LogP) is 7.19. The fraction of sp³-hybridized carbons (Fsp3) is 0.214. The van der Waals surface area contributed by atoms with Gasteiger partial charge in [0.25, 0.3) is 0 Å². The molecule has 38 heavy (non-hydrogen) atoms. The topological polar surface area (TPSA) is 50.2 Å². The average molecular weight is 559 g/mol. The molecule has 1 amide bonds. The van der Waals surface area contributed by atoms with E-state index in [0.29, 0.717) is 41.6 Å². The number of benzene rings is 2. The van der Waals surface area contributed by atoms with Crippen LogP contribution in [0.1, 0.15) is 27.9 Å². The third kappa shape index (κ3) is 5.72. The quantitative estimate of drug-likeness (QED) is 0.264. The highest BCUT2D eigenvalue weighted by molar-refractivity contribution is 6.30. The molecular formula is C28H23Cl2F3N4O. The van der Waals surface area contributed by atoms with Crippen LogP contribution in [-0.2, 0) is 25.7 Å². The van der Waals surface area contributed by atoms with Crippen molar-refractivity contribution in [3.05, 3.63) is 105 Å². The van der Waals surface area contributed by atoms with Crippen molar-refractivity contribution >= 4 is 46.2 Å². The predicted molar refractivity (Wildman–Crippen MR) is 143 cm³/mol. The van der Waals surface area contributed by atoms with Crippen LogP contribution in [0.5, 0.6) is 0 Å². The lowest BCUT2D eigenvalue weighted by atomic mass is 10.0. The summed E-state index contributed by atoms with van der Waals surface area (Å²) in [7, 11) is 0. The van der Waals surface area contributed by atoms with Crippen LogP contribution in [-0.4, -0.2) is 33.6 Å². The Labute approximate surface area is 227 Å². The van der Waals surface area contributed by atoms with Crippen molar-refractivity contribution in [2.75, 3.05) is 13.1 Å². The molecule has 5 nitrogen and oxygen atoms in total. The van der Waals surface area contributed by atoms with Gasteiger partial charge in [-0.15, -0.1) is 0 Å². The molecule has 1 aliphatic heterocycles. The van der Waals surface area contributed by atoms with Gasteiger partial charge < -0.3 is 5.32 Å². The molecule has 2 aromatic heterocycles. The number of hydrogen-bond acceptors (Lipinski definition) is 3. The van der Waals surface area contributed by atoms with Gasteiger partial charge in [-0.3, -0.25) is 9.47 Å². The van der Waals surface area contributed by atoms with Crippen LogP contribution in [0.25, 0.3) is 17.0 Å². The Balaban J connectivity index is 1.43. The van der Waals surface area contributed by atoms with Gasteiger partial charge in [-0.1, -0.05) is 53.6 Å². The summed E-state index contributed by atoms with van der Waals surface area (Å²) in [4.78, 5) is 19.5. The SMILES string of the molecule is O=C(NCc1ccnc(Cl)c1)n1c2c(c3ccc(C(F)(F)F)cc31)CN(C/C=C/c1ccc(Cl)cc1)CC2. The molecular weight excluding hydrogens is 536 g/mol. The summed E-state index contributed by atoms with van der Waals surface area (Å²) in [6.07, 6.45) is 1.58. The summed E-state index contributed by atoms with van der Waals surface area (Å²) in [6.45, 7) is 2.00. The van der Waals surface area contributed by atoms with Crippen molar-refractivity contribution in [1.82, 2.24) is 19.8 Å². The number of carbonyl (C=O) groups excluding carboxylic acids is 1. The van der Waals surface area contributed by atoms with Crippen molar-refractivity contribution in [1.29, 1.82) is 0 Å². The lowest BCUT2D eigenvalue weighted by molar-refractivity contribution is -0.137. The van der Waals surface area contributed by atoms with Crippen LogP contribution >= 0.6 is 23.2 Å². The van der Waals surface area contributed by atoms with Crippen molar-refractivity contribution in [2.24, 2.45) is 0 Å². The third-order valence-electron chi connectivity index (χ3n) is 6.54. The van der Waals surface area contributed by atoms with Crippen molar-refractivity contribution in [2.45, 2.75) is 25.7 Å². The van der Waals surface area contributed by atoms with E-state index >= 15 is 0 Å². The van der Waals surface area contributed by atoms with Crippen molar-refractivity contribution in [3.8, 4) is 0 Å². The molecule has 0 spiro atoms. The van der Waals surface area contributed by atoms with E-state index in [4.69, 9.17) is 23.2 Å². The minimum absolute atomic E-state index is 0.163. The molecule has 0 unspecified atom stereocenters. The maximum Gasteiger partial charge on any atom is 0.416 e. The van der Waals surface area contributed by atoms with E-state index in [1.54, 1.807) is 12.1 Å². The lowest BCUT2D eigenvalue weighted by Crippen LogP contribution is -2.34. The minimum Gasteiger partial charge on any atom is -0.333 e. The largest absolute Gasteiger partial charge is 0.416 e. The second kappa shape index (κ2) is 10.8. The van der Waals surface area contributed by atoms with Crippen LogP contribution in [0.15, 0.2) is 66.9 Å². The molecule has 1 aliphatic rings. The zero-order valence-electron chi connectivity index (χ0n) is 20.1. The summed E-state index contributed by atoms with van der Waals surface area (Å²) < 4.78 is 42.0. The van der Waals surface area contributed by atoms with E-state index in [1.807, 2.05) is 36.4 Å². The summed E-state index contributed by atoms with van der Waals surface area (Å²) in [6, 6.07) is 14.0. The van der Waals surface area contributed by atoms with Gasteiger partial charge >= 0.3 is 12.2 Å². The fourth-order valence-corrected chi connectivity index (χ4v) is 5.02. The summed E-state index contributed by atoms with van der Waals surface area (Å²) in [5.74, 6) is 0. The number of halogens is 5. The molecule has 1 N–H and O–H groups in total. The zero-order valence-corrected chi connectivity index (χ0v) is 21.6. The molecule has 2 aromatic carbocycles. The number of pyridine rings is 1. The van der Waals surface area contributed by atoms with Gasteiger partial charge in [0, 0.05) is 54.9 Å². The van der Waals surface area contributed by atoms with Crippen LogP contribution in [0.4, 0.5) is 18.0 Å². The lowest BCUT2D eigenvalue weighted by Gasteiger charge is -2.27. The standard InChI is InChI=1S/C28H23Cl2F3N4O/c29-21-6-3-18(4-7-21)2-1-12-36-13-10-24-23(17-36)22-8-5-20(28(31,32)33)15-25(22)37(24)27(38)35-16-19-9-11-34-26(30)14-19/h1-9,11,14-15H,10,12-13,16-17H2,(H,35,38)/b2-1+. The molecule has 0 bridgehead atoms. The first kappa shape index (κ1) is 26.3. The Morgan fingerprint density at radius 3 is 2.61 bits per heavy atom. The number of fused-ring (bicyclic) bond motifs is 3. The minimum atomic E-state index is -4.52. The molecule has 0 radical (unpaired) electrons. The number of nitrogens with one attached hydrogen (secondary N) is 1. The first-order chi connectivity index (χ1) is 18.2. The molecule has 0 saturated carbocycles. The number of nitrogens with zero attached hydrogens (tertiary/aromatic N) is 3. The van der Waals surface area contributed by atoms with Gasteiger partial charge in [-0.2, -0.15) is 13.2 Å². The maximum atomic E-state index is 13.6. The van der Waals surface area contributed by atoms with E-state index in [2.05, 4.69) is 15.2 Å². The third-order valence-corrected chi connectivity index (χ3v) is 7.00. The van der Waals surface area contributed by atoms with Gasteiger partial charge in [0.15, 0.2) is 0 Å². The molecule has 10 heteroatoms. The van der Waals surface area contributed by atoms with Crippen molar-refractivity contribution < 1.29 is 18.0 Å². The molecule has 4 aromatic rings. The summed E-state index contributed by atoms with van der Waals surface area (Å²) in [5, 5.41) is 4.42. The van der Waals surface area contributed by atoms with E-state index in [1.165, 1.54) is 16.8 Å². The van der Waals surface area contributed by atoms with Gasteiger partial charge in [0.2, 0.25) is 0 Å². The molecule has 0 fully saturated rings. The van der Waals surface area contributed by atoms with Gasteiger partial charge in [0.1, 0.15) is 5.15 Å². The van der Waals surface area contributed by atoms with Crippen molar-refractivity contribution in [3.63, 3.8) is 0 Å². The van der Waals surface area contributed by atoms with Gasteiger partial charge in [-0.25, -0.2) is 9.78 Å². The van der Waals surface area contributed by atoms with E-state index < -0.39 is 17.8 Å². The average Bonchev–Trinajstić information content (AvgIpc) is 3.21. The van der Waals surface area contributed by atoms with E-state index in [9.17, 15) is 18.0 Å². The number of aromatic nitrogens is 2. The van der Waals surface area contributed by atoms with Crippen LogP contribution in [0.3, 0.4) is 0 Å². The Morgan fingerprint density at radius 1 is 1.08 bits per heavy atom. The maximum absolute atomic E-state index is 13.6. The zero-order chi connectivity index (χ0) is 26.9. The molecule has 3 heterocycles. The molecule has 0 aliphatic carbocycles. The smallest absolute Gasteiger partial charge is 0.333 e. The Hall–Kier alpha value is -3.33. The van der Waals surface area contributed by atoms with Crippen LogP contribution in [0, 0.1) is 0 Å². The highest BCUT2D eigenvalue weighted by Gasteiger charge is 2.33. The fourth-order valence-electron chi connectivity index (χ4n) is 4.70. The second-order valence-electron chi connectivity index (χ2n) is 9.07. The Kier molecular flexibility index (Phi) is 7.47. The first-order valence-electron chi connectivity index (χ1n) is 12.0. The summed E-state index contributed by atoms with van der Waals surface area (Å²) >= 11 is 11.9. The van der Waals surface area contributed by atoms with Gasteiger partial charge in [-0.05, 0) is 53.1 Å². The molecule has 0 atom stereocenters. The van der Waals surface area contributed by atoms with Gasteiger partial charge in [0.05, 0.1) is 11.1 Å².